The number of nitrogens with two attached hydrogens (primary N) is 1. The maximum Gasteiger partial charge on any atom is 0.220 e. The van der Waals surface area contributed by atoms with Crippen LogP contribution in [0.5, 0.6) is 0 Å². The molecule has 0 aromatic carbocycles. The largest absolute Gasteiger partial charge is 0.369 e. The van der Waals surface area contributed by atoms with E-state index in [1.807, 2.05) is 0 Å². The third-order valence-corrected chi connectivity index (χ3v) is 5.72. The Bertz CT molecular complexity index is 569. The fourth-order valence-corrected chi connectivity index (χ4v) is 3.93. The smallest absolute Gasteiger partial charge is 0.220 e. The van der Waals surface area contributed by atoms with Gasteiger partial charge in [-0.05, 0) is 74.0 Å². The molecule has 2 atom stereocenters. The molecule has 1 unspecified atom stereocenters. The van der Waals surface area contributed by atoms with E-state index in [1.54, 1.807) is 6.34 Å². The molecule has 154 valence electrons. The molecule has 0 spiro atoms. The summed E-state index contributed by atoms with van der Waals surface area (Å²) in [6.45, 7) is 9.95. The highest BCUT2D eigenvalue weighted by Gasteiger charge is 2.19. The van der Waals surface area contributed by atoms with Crippen LogP contribution in [0.4, 0.5) is 0 Å². The maximum absolute atomic E-state index is 11.3. The second kappa shape index (κ2) is 13.0. The van der Waals surface area contributed by atoms with E-state index in [0.717, 1.165) is 56.7 Å². The van der Waals surface area contributed by atoms with Gasteiger partial charge in [0.2, 0.25) is 5.91 Å². The number of nitrogens with zero attached hydrogens (tertiary/aromatic N) is 1. The summed E-state index contributed by atoms with van der Waals surface area (Å²) >= 11 is 4.72. The third kappa shape index (κ3) is 8.52. The molecular weight excluding hydrogens is 356 g/mol. The van der Waals surface area contributed by atoms with Gasteiger partial charge in [0.15, 0.2) is 0 Å². The standard InChI is InChI=1S/C21H38N4OS/c1-5-7-17(21(22)26)10-11-23-13-24-14-25-16(4)18(6-2)19-12-15(3)8-9-20(19)27/h14-15,17,23,27H,5-13H2,1-4H3,(H2,22,26)(H,24,25)/b18-16+/t15-,17?/m1/s1. The van der Waals surface area contributed by atoms with E-state index in [4.69, 9.17) is 18.4 Å². The van der Waals surface area contributed by atoms with Crippen LogP contribution in [-0.2, 0) is 4.79 Å². The molecule has 0 bridgehead atoms. The molecular formula is C21H38N4OS. The number of aliphatic imine (C=N–C) groups is 1. The van der Waals surface area contributed by atoms with Crippen LogP contribution in [0.25, 0.3) is 0 Å². The highest BCUT2D eigenvalue weighted by atomic mass is 32.1. The van der Waals surface area contributed by atoms with E-state index < -0.39 is 0 Å². The monoisotopic (exact) mass is 394 g/mol. The van der Waals surface area contributed by atoms with Crippen LogP contribution >= 0.6 is 12.6 Å². The topological polar surface area (TPSA) is 79.5 Å². The molecule has 1 amide bonds. The van der Waals surface area contributed by atoms with Gasteiger partial charge in [0.1, 0.15) is 0 Å². The normalized spacial score (nSPS) is 20.0. The number of nitrogens with one attached hydrogen (secondary N) is 2. The van der Waals surface area contributed by atoms with Gasteiger partial charge >= 0.3 is 0 Å². The number of amides is 1. The van der Waals surface area contributed by atoms with Gasteiger partial charge < -0.3 is 11.1 Å². The van der Waals surface area contributed by atoms with Crippen molar-refractivity contribution in [1.29, 1.82) is 0 Å². The molecule has 0 aliphatic heterocycles. The lowest BCUT2D eigenvalue weighted by atomic mass is 9.85. The number of carbonyl (C=O) groups excluding carboxylic acids is 1. The van der Waals surface area contributed by atoms with E-state index in [9.17, 15) is 4.79 Å². The average Bonchev–Trinajstić information content (AvgIpc) is 2.63. The average molecular weight is 395 g/mol. The number of allylic oxidation sites excluding steroid dienone is 4. The van der Waals surface area contributed by atoms with Crippen molar-refractivity contribution in [1.82, 2.24) is 10.6 Å². The lowest BCUT2D eigenvalue weighted by molar-refractivity contribution is -0.122. The van der Waals surface area contributed by atoms with E-state index in [1.165, 1.54) is 22.5 Å². The van der Waals surface area contributed by atoms with Gasteiger partial charge in [0, 0.05) is 11.6 Å². The Labute approximate surface area is 170 Å². The van der Waals surface area contributed by atoms with Gasteiger partial charge in [0.25, 0.3) is 0 Å². The Hall–Kier alpha value is -1.27. The van der Waals surface area contributed by atoms with Gasteiger partial charge in [-0.1, -0.05) is 27.2 Å². The fourth-order valence-electron chi connectivity index (χ4n) is 3.58. The third-order valence-electron chi connectivity index (χ3n) is 5.23. The predicted molar refractivity (Wildman–Crippen MR) is 119 cm³/mol. The van der Waals surface area contributed by atoms with E-state index in [-0.39, 0.29) is 11.8 Å². The first-order valence-electron chi connectivity index (χ1n) is 10.3. The van der Waals surface area contributed by atoms with E-state index in [0.29, 0.717) is 6.67 Å². The van der Waals surface area contributed by atoms with Crippen LogP contribution in [0.15, 0.2) is 26.7 Å². The van der Waals surface area contributed by atoms with Gasteiger partial charge in [-0.25, -0.2) is 0 Å². The molecule has 6 heteroatoms. The molecule has 27 heavy (non-hydrogen) atoms. The quantitative estimate of drug-likeness (QED) is 0.174. The van der Waals surface area contributed by atoms with Crippen molar-refractivity contribution in [3.8, 4) is 0 Å². The molecule has 1 aliphatic carbocycles. The SMILES string of the molecule is CCCC(CCNCN=CN/C(C)=C(\CC)C1=C(S)CC[C@@H](C)C1)C(N)=O. The summed E-state index contributed by atoms with van der Waals surface area (Å²) in [4.78, 5) is 16.9. The summed E-state index contributed by atoms with van der Waals surface area (Å²) in [5, 5.41) is 6.55. The first kappa shape index (κ1) is 23.8. The number of rotatable bonds is 12. The Morgan fingerprint density at radius 3 is 2.78 bits per heavy atom. The lowest BCUT2D eigenvalue weighted by Crippen LogP contribution is -2.27. The molecule has 5 nitrogen and oxygen atoms in total. The van der Waals surface area contributed by atoms with Crippen molar-refractivity contribution in [2.75, 3.05) is 13.2 Å². The lowest BCUT2D eigenvalue weighted by Gasteiger charge is -2.25. The number of carbonyl (C=O) groups is 1. The first-order chi connectivity index (χ1) is 12.9. The Morgan fingerprint density at radius 2 is 2.15 bits per heavy atom. The van der Waals surface area contributed by atoms with Crippen LogP contribution in [0.2, 0.25) is 0 Å². The maximum atomic E-state index is 11.3. The molecule has 1 rings (SSSR count). The molecule has 0 saturated carbocycles. The van der Waals surface area contributed by atoms with Crippen molar-refractivity contribution in [3.63, 3.8) is 0 Å². The second-order valence-electron chi connectivity index (χ2n) is 7.52. The van der Waals surface area contributed by atoms with Crippen LogP contribution in [0.1, 0.15) is 72.6 Å². The Kier molecular flexibility index (Phi) is 11.4. The molecule has 0 heterocycles. The highest BCUT2D eigenvalue weighted by Crippen LogP contribution is 2.36. The molecule has 4 N–H and O–H groups in total. The van der Waals surface area contributed by atoms with Crippen LogP contribution in [-0.4, -0.2) is 25.5 Å². The zero-order valence-electron chi connectivity index (χ0n) is 17.5. The Balaban J connectivity index is 2.46. The van der Waals surface area contributed by atoms with E-state index >= 15 is 0 Å². The summed E-state index contributed by atoms with van der Waals surface area (Å²) in [5.41, 5.74) is 9.33. The van der Waals surface area contributed by atoms with Crippen molar-refractivity contribution in [2.24, 2.45) is 22.6 Å². The summed E-state index contributed by atoms with van der Waals surface area (Å²) in [5.74, 6) is 0.482. The number of thiol groups is 1. The minimum atomic E-state index is -0.202. The molecule has 0 radical (unpaired) electrons. The summed E-state index contributed by atoms with van der Waals surface area (Å²) in [6.07, 6.45) is 8.76. The minimum absolute atomic E-state index is 0.0384. The fraction of sp³-hybridized carbons (Fsp3) is 0.714. The second-order valence-corrected chi connectivity index (χ2v) is 8.06. The summed E-state index contributed by atoms with van der Waals surface area (Å²) in [6, 6.07) is 0. The summed E-state index contributed by atoms with van der Waals surface area (Å²) in [7, 11) is 0. The van der Waals surface area contributed by atoms with Crippen molar-refractivity contribution in [2.45, 2.75) is 72.6 Å². The molecule has 0 aromatic rings. The van der Waals surface area contributed by atoms with Gasteiger partial charge in [-0.15, -0.1) is 12.6 Å². The minimum Gasteiger partial charge on any atom is -0.369 e. The van der Waals surface area contributed by atoms with Gasteiger partial charge in [0.05, 0.1) is 13.0 Å². The first-order valence-corrected chi connectivity index (χ1v) is 10.7. The molecule has 0 aromatic heterocycles. The zero-order chi connectivity index (χ0) is 20.2. The van der Waals surface area contributed by atoms with Gasteiger partial charge in [-0.3, -0.25) is 15.1 Å². The molecule has 1 aliphatic rings. The highest BCUT2D eigenvalue weighted by molar-refractivity contribution is 7.84. The number of primary amides is 1. The van der Waals surface area contributed by atoms with Crippen molar-refractivity contribution >= 4 is 24.9 Å². The van der Waals surface area contributed by atoms with Crippen molar-refractivity contribution < 1.29 is 4.79 Å². The van der Waals surface area contributed by atoms with Crippen molar-refractivity contribution in [3.05, 3.63) is 21.7 Å². The van der Waals surface area contributed by atoms with Crippen LogP contribution < -0.4 is 16.4 Å². The zero-order valence-corrected chi connectivity index (χ0v) is 18.4. The van der Waals surface area contributed by atoms with E-state index in [2.05, 4.69) is 43.3 Å². The molecule has 0 saturated heterocycles. The Morgan fingerprint density at radius 1 is 1.41 bits per heavy atom. The summed E-state index contributed by atoms with van der Waals surface area (Å²) < 4.78 is 0. The molecule has 0 fully saturated rings. The predicted octanol–water partition coefficient (Wildman–Crippen LogP) is 4.13. The number of hydrogen-bond donors (Lipinski definition) is 4. The van der Waals surface area contributed by atoms with Crippen LogP contribution in [0.3, 0.4) is 0 Å². The number of hydrogen-bond acceptors (Lipinski definition) is 4. The van der Waals surface area contributed by atoms with Crippen LogP contribution in [0, 0.1) is 11.8 Å². The van der Waals surface area contributed by atoms with Gasteiger partial charge in [-0.2, -0.15) is 0 Å².